The van der Waals surface area contributed by atoms with Gasteiger partial charge < -0.3 is 14.8 Å². The SMILES string of the molecule is CC(C)COC1(C(=O)OCNC=O)CCCCC1. The van der Waals surface area contributed by atoms with Crippen LogP contribution in [0.5, 0.6) is 0 Å². The second kappa shape index (κ2) is 7.36. The monoisotopic (exact) mass is 257 g/mol. The predicted octanol–water partition coefficient (Wildman–Crippen LogP) is 1.61. The Kier molecular flexibility index (Phi) is 6.12. The summed E-state index contributed by atoms with van der Waals surface area (Å²) in [5.41, 5.74) is -0.799. The summed E-state index contributed by atoms with van der Waals surface area (Å²) < 4.78 is 10.9. The van der Waals surface area contributed by atoms with Crippen molar-refractivity contribution in [3.05, 3.63) is 0 Å². The van der Waals surface area contributed by atoms with E-state index in [1.165, 1.54) is 0 Å². The van der Waals surface area contributed by atoms with Gasteiger partial charge in [-0.25, -0.2) is 4.79 Å². The highest BCUT2D eigenvalue weighted by molar-refractivity contribution is 5.79. The molecule has 5 nitrogen and oxygen atoms in total. The van der Waals surface area contributed by atoms with Crippen LogP contribution >= 0.6 is 0 Å². The van der Waals surface area contributed by atoms with Crippen molar-refractivity contribution in [2.24, 2.45) is 5.92 Å². The summed E-state index contributed by atoms with van der Waals surface area (Å²) in [5, 5.41) is 2.32. The molecule has 0 aliphatic heterocycles. The Morgan fingerprint density at radius 2 is 2.00 bits per heavy atom. The molecule has 0 aromatic heterocycles. The summed E-state index contributed by atoms with van der Waals surface area (Å²) in [4.78, 5) is 22.2. The van der Waals surface area contributed by atoms with Gasteiger partial charge in [0.1, 0.15) is 0 Å². The van der Waals surface area contributed by atoms with Gasteiger partial charge >= 0.3 is 5.97 Å². The van der Waals surface area contributed by atoms with E-state index in [0.29, 0.717) is 31.8 Å². The molecule has 0 spiro atoms. The molecule has 1 saturated carbocycles. The van der Waals surface area contributed by atoms with Crippen molar-refractivity contribution in [1.82, 2.24) is 5.32 Å². The highest BCUT2D eigenvalue weighted by Gasteiger charge is 2.42. The van der Waals surface area contributed by atoms with Crippen LogP contribution in [0.3, 0.4) is 0 Å². The topological polar surface area (TPSA) is 64.6 Å². The van der Waals surface area contributed by atoms with Crippen LogP contribution in [0.2, 0.25) is 0 Å². The molecule has 1 fully saturated rings. The summed E-state index contributed by atoms with van der Waals surface area (Å²) >= 11 is 0. The van der Waals surface area contributed by atoms with Gasteiger partial charge in [-0.1, -0.05) is 20.3 Å². The maximum absolute atomic E-state index is 12.1. The number of hydrogen-bond donors (Lipinski definition) is 1. The number of carbonyl (C=O) groups is 2. The van der Waals surface area contributed by atoms with E-state index in [1.54, 1.807) is 0 Å². The van der Waals surface area contributed by atoms with Crippen LogP contribution in [-0.4, -0.2) is 31.3 Å². The number of rotatable bonds is 7. The zero-order chi connectivity index (χ0) is 13.4. The van der Waals surface area contributed by atoms with Crippen LogP contribution in [0, 0.1) is 5.92 Å². The molecule has 1 aliphatic carbocycles. The van der Waals surface area contributed by atoms with E-state index >= 15 is 0 Å². The van der Waals surface area contributed by atoms with E-state index < -0.39 is 5.60 Å². The molecule has 0 unspecified atom stereocenters. The average Bonchev–Trinajstić information content (AvgIpc) is 2.37. The number of hydrogen-bond acceptors (Lipinski definition) is 4. The Hall–Kier alpha value is -1.10. The first-order valence-corrected chi connectivity index (χ1v) is 6.59. The van der Waals surface area contributed by atoms with Gasteiger partial charge in [-0.2, -0.15) is 0 Å². The van der Waals surface area contributed by atoms with Crippen molar-refractivity contribution in [2.45, 2.75) is 51.6 Å². The lowest BCUT2D eigenvalue weighted by Crippen LogP contribution is -2.46. The van der Waals surface area contributed by atoms with Gasteiger partial charge in [0.2, 0.25) is 6.41 Å². The number of ether oxygens (including phenoxy) is 2. The van der Waals surface area contributed by atoms with E-state index in [9.17, 15) is 9.59 Å². The Bertz CT molecular complexity index is 272. The van der Waals surface area contributed by atoms with Crippen LogP contribution in [0.25, 0.3) is 0 Å². The van der Waals surface area contributed by atoms with Crippen LogP contribution in [0.4, 0.5) is 0 Å². The van der Waals surface area contributed by atoms with Gasteiger partial charge in [-0.3, -0.25) is 4.79 Å². The lowest BCUT2D eigenvalue weighted by Gasteiger charge is -2.35. The molecule has 1 aliphatic rings. The highest BCUT2D eigenvalue weighted by atomic mass is 16.6. The molecule has 1 rings (SSSR count). The smallest absolute Gasteiger partial charge is 0.340 e. The molecule has 0 aromatic carbocycles. The summed E-state index contributed by atoms with van der Waals surface area (Å²) in [6.45, 7) is 4.57. The molecular weight excluding hydrogens is 234 g/mol. The van der Waals surface area contributed by atoms with Crippen LogP contribution in [-0.2, 0) is 19.1 Å². The Balaban J connectivity index is 2.57. The van der Waals surface area contributed by atoms with Crippen molar-refractivity contribution in [1.29, 1.82) is 0 Å². The zero-order valence-electron chi connectivity index (χ0n) is 11.2. The fourth-order valence-corrected chi connectivity index (χ4v) is 2.13. The number of esters is 1. The second-order valence-electron chi connectivity index (χ2n) is 5.16. The number of amides is 1. The Labute approximate surface area is 108 Å². The summed E-state index contributed by atoms with van der Waals surface area (Å²) in [7, 11) is 0. The van der Waals surface area contributed by atoms with E-state index in [0.717, 1.165) is 19.3 Å². The van der Waals surface area contributed by atoms with Crippen molar-refractivity contribution < 1.29 is 19.1 Å². The highest BCUT2D eigenvalue weighted by Crippen LogP contribution is 2.33. The second-order valence-corrected chi connectivity index (χ2v) is 5.16. The normalized spacial score (nSPS) is 18.4. The predicted molar refractivity (Wildman–Crippen MR) is 66.8 cm³/mol. The molecule has 5 heteroatoms. The maximum atomic E-state index is 12.1. The maximum Gasteiger partial charge on any atom is 0.340 e. The molecule has 1 N–H and O–H groups in total. The largest absolute Gasteiger partial charge is 0.442 e. The van der Waals surface area contributed by atoms with Crippen LogP contribution in [0.15, 0.2) is 0 Å². The lowest BCUT2D eigenvalue weighted by molar-refractivity contribution is -0.179. The minimum absolute atomic E-state index is 0.0882. The number of nitrogens with one attached hydrogen (secondary N) is 1. The van der Waals surface area contributed by atoms with Gasteiger partial charge in [0, 0.05) is 0 Å². The Morgan fingerprint density at radius 3 is 2.56 bits per heavy atom. The molecule has 0 saturated heterocycles. The summed E-state index contributed by atoms with van der Waals surface area (Å²) in [5.74, 6) is 0.0295. The van der Waals surface area contributed by atoms with Crippen molar-refractivity contribution in [3.63, 3.8) is 0 Å². The molecule has 0 bridgehead atoms. The van der Waals surface area contributed by atoms with E-state index in [-0.39, 0.29) is 12.7 Å². The minimum Gasteiger partial charge on any atom is -0.442 e. The van der Waals surface area contributed by atoms with E-state index in [4.69, 9.17) is 9.47 Å². The first-order chi connectivity index (χ1) is 8.60. The molecule has 104 valence electrons. The average molecular weight is 257 g/mol. The lowest BCUT2D eigenvalue weighted by atomic mass is 9.84. The molecule has 1 amide bonds. The first-order valence-electron chi connectivity index (χ1n) is 6.59. The molecule has 0 aromatic rings. The van der Waals surface area contributed by atoms with Crippen LogP contribution < -0.4 is 5.32 Å². The van der Waals surface area contributed by atoms with Crippen molar-refractivity contribution >= 4 is 12.4 Å². The molecule has 18 heavy (non-hydrogen) atoms. The minimum atomic E-state index is -0.799. The zero-order valence-corrected chi connectivity index (χ0v) is 11.2. The van der Waals surface area contributed by atoms with E-state index in [1.807, 2.05) is 0 Å². The van der Waals surface area contributed by atoms with Crippen LogP contribution in [0.1, 0.15) is 46.0 Å². The third-order valence-corrected chi connectivity index (χ3v) is 3.10. The van der Waals surface area contributed by atoms with Gasteiger partial charge in [-0.05, 0) is 31.6 Å². The third-order valence-electron chi connectivity index (χ3n) is 3.10. The third kappa shape index (κ3) is 4.29. The van der Waals surface area contributed by atoms with Gasteiger partial charge in [0.15, 0.2) is 12.3 Å². The first kappa shape index (κ1) is 15.0. The number of carbonyl (C=O) groups excluding carboxylic acids is 2. The molecular formula is C13H23NO4. The van der Waals surface area contributed by atoms with Crippen molar-refractivity contribution in [3.8, 4) is 0 Å². The van der Waals surface area contributed by atoms with Gasteiger partial charge in [0.05, 0.1) is 6.61 Å². The van der Waals surface area contributed by atoms with E-state index in [2.05, 4.69) is 19.2 Å². The summed E-state index contributed by atoms with van der Waals surface area (Å²) in [6, 6.07) is 0. The molecule has 0 radical (unpaired) electrons. The Morgan fingerprint density at radius 1 is 1.33 bits per heavy atom. The van der Waals surface area contributed by atoms with Crippen molar-refractivity contribution in [2.75, 3.05) is 13.3 Å². The fourth-order valence-electron chi connectivity index (χ4n) is 2.13. The summed E-state index contributed by atoms with van der Waals surface area (Å²) in [6.07, 6.45) is 5.02. The molecule has 0 heterocycles. The molecule has 0 atom stereocenters. The van der Waals surface area contributed by atoms with Gasteiger partial charge in [0.25, 0.3) is 0 Å². The van der Waals surface area contributed by atoms with Gasteiger partial charge in [-0.15, -0.1) is 0 Å². The fraction of sp³-hybridized carbons (Fsp3) is 0.846. The standard InChI is InChI=1S/C13H23NO4/c1-11(2)8-18-13(6-4-3-5-7-13)12(16)17-10-14-9-15/h9,11H,3-8,10H2,1-2H3,(H,14,15). The quantitative estimate of drug-likeness (QED) is 0.326.